The fourth-order valence-electron chi connectivity index (χ4n) is 3.15. The first-order chi connectivity index (χ1) is 12.0. The normalized spacial score (nSPS) is 20.3. The molecule has 1 N–H and O–H groups in total. The first-order valence-corrected chi connectivity index (χ1v) is 8.63. The minimum absolute atomic E-state index is 0.0277. The summed E-state index contributed by atoms with van der Waals surface area (Å²) < 4.78 is 5.78. The van der Waals surface area contributed by atoms with Crippen LogP contribution in [0, 0.1) is 6.92 Å². The van der Waals surface area contributed by atoms with Gasteiger partial charge in [0.15, 0.2) is 0 Å². The molecule has 0 bridgehead atoms. The van der Waals surface area contributed by atoms with E-state index in [2.05, 4.69) is 4.98 Å². The third kappa shape index (κ3) is 4.79. The molecular formula is C20H24N2O3. The van der Waals surface area contributed by atoms with Gasteiger partial charge in [-0.1, -0.05) is 12.1 Å². The zero-order valence-electron chi connectivity index (χ0n) is 14.5. The van der Waals surface area contributed by atoms with Gasteiger partial charge in [-0.2, -0.15) is 0 Å². The Bertz CT molecular complexity index is 720. The molecule has 25 heavy (non-hydrogen) atoms. The van der Waals surface area contributed by atoms with Crippen LogP contribution < -0.4 is 4.74 Å². The van der Waals surface area contributed by atoms with Crippen LogP contribution in [0.15, 0.2) is 48.8 Å². The predicted octanol–water partition coefficient (Wildman–Crippen LogP) is 2.37. The molecule has 1 aromatic heterocycles. The van der Waals surface area contributed by atoms with Crippen molar-refractivity contribution in [1.82, 2.24) is 9.88 Å². The van der Waals surface area contributed by atoms with E-state index < -0.39 is 5.60 Å². The number of pyridine rings is 1. The lowest BCUT2D eigenvalue weighted by Crippen LogP contribution is -2.53. The number of aryl methyl sites for hydroxylation is 1. The van der Waals surface area contributed by atoms with Crippen molar-refractivity contribution in [3.05, 3.63) is 59.9 Å². The fourth-order valence-corrected chi connectivity index (χ4v) is 3.15. The van der Waals surface area contributed by atoms with Gasteiger partial charge in [0.05, 0.1) is 13.0 Å². The zero-order chi connectivity index (χ0) is 17.7. The summed E-state index contributed by atoms with van der Waals surface area (Å²) in [6, 6.07) is 11.4. The Morgan fingerprint density at radius 1 is 1.32 bits per heavy atom. The number of rotatable bonds is 5. The van der Waals surface area contributed by atoms with Crippen molar-refractivity contribution in [2.45, 2.75) is 31.8 Å². The van der Waals surface area contributed by atoms with Crippen molar-refractivity contribution in [2.24, 2.45) is 0 Å². The smallest absolute Gasteiger partial charge is 0.227 e. The number of carbonyl (C=O) groups is 1. The van der Waals surface area contributed by atoms with Crippen molar-refractivity contribution < 1.29 is 14.6 Å². The minimum atomic E-state index is -1.00. The molecule has 3 rings (SSSR count). The highest BCUT2D eigenvalue weighted by molar-refractivity contribution is 5.78. The molecule has 1 aliphatic heterocycles. The lowest BCUT2D eigenvalue weighted by Gasteiger charge is -2.39. The molecule has 1 fully saturated rings. The maximum absolute atomic E-state index is 12.5. The molecule has 5 heteroatoms. The van der Waals surface area contributed by atoms with E-state index in [9.17, 15) is 9.90 Å². The van der Waals surface area contributed by atoms with Crippen molar-refractivity contribution >= 4 is 5.91 Å². The van der Waals surface area contributed by atoms with Gasteiger partial charge < -0.3 is 14.7 Å². The molecule has 1 amide bonds. The number of β-amino-alcohol motifs (C(OH)–C–C–N with tert-alkyl or cyclic N) is 1. The Kier molecular flexibility index (Phi) is 5.34. The third-order valence-electron chi connectivity index (χ3n) is 4.51. The van der Waals surface area contributed by atoms with E-state index in [1.807, 2.05) is 43.3 Å². The maximum atomic E-state index is 12.5. The average Bonchev–Trinajstić information content (AvgIpc) is 2.61. The molecule has 1 aliphatic rings. The van der Waals surface area contributed by atoms with Crippen LogP contribution in [-0.4, -0.2) is 46.2 Å². The standard InChI is InChI=1S/C20H24N2O3/c1-16-4-2-5-18(12-16)25-15-20(24)8-3-11-22(14-20)19(23)13-17-6-9-21-10-7-17/h2,4-7,9-10,12,24H,3,8,11,13-15H2,1H3/t20-/m0/s1. The summed E-state index contributed by atoms with van der Waals surface area (Å²) >= 11 is 0. The SMILES string of the molecule is Cc1cccc(OC[C@]2(O)CCCN(C(=O)Cc3ccncc3)C2)c1. The van der Waals surface area contributed by atoms with Crippen LogP contribution in [0.1, 0.15) is 24.0 Å². The second-order valence-electron chi connectivity index (χ2n) is 6.78. The predicted molar refractivity (Wildman–Crippen MR) is 95.4 cm³/mol. The van der Waals surface area contributed by atoms with Gasteiger partial charge in [-0.3, -0.25) is 9.78 Å². The number of piperidine rings is 1. The van der Waals surface area contributed by atoms with Gasteiger partial charge in [-0.05, 0) is 55.2 Å². The third-order valence-corrected chi connectivity index (χ3v) is 4.51. The van der Waals surface area contributed by atoms with E-state index in [0.717, 1.165) is 23.3 Å². The van der Waals surface area contributed by atoms with Crippen LogP contribution in [0.2, 0.25) is 0 Å². The number of aromatic nitrogens is 1. The van der Waals surface area contributed by atoms with Gasteiger partial charge in [-0.25, -0.2) is 0 Å². The van der Waals surface area contributed by atoms with Crippen molar-refractivity contribution in [3.8, 4) is 5.75 Å². The van der Waals surface area contributed by atoms with E-state index in [4.69, 9.17) is 4.74 Å². The Morgan fingerprint density at radius 2 is 2.12 bits per heavy atom. The van der Waals surface area contributed by atoms with Crippen LogP contribution >= 0.6 is 0 Å². The molecule has 5 nitrogen and oxygen atoms in total. The lowest BCUT2D eigenvalue weighted by atomic mass is 9.93. The summed E-state index contributed by atoms with van der Waals surface area (Å²) in [5.74, 6) is 0.772. The second kappa shape index (κ2) is 7.66. The number of nitrogens with zero attached hydrogens (tertiary/aromatic N) is 2. The van der Waals surface area contributed by atoms with Gasteiger partial charge in [0, 0.05) is 18.9 Å². The molecule has 1 saturated heterocycles. The number of hydrogen-bond donors (Lipinski definition) is 1. The van der Waals surface area contributed by atoms with Crippen LogP contribution in [0.4, 0.5) is 0 Å². The Hall–Kier alpha value is -2.40. The summed E-state index contributed by atoms with van der Waals surface area (Å²) in [4.78, 5) is 18.2. The quantitative estimate of drug-likeness (QED) is 0.908. The number of benzene rings is 1. The molecule has 0 radical (unpaired) electrons. The van der Waals surface area contributed by atoms with Crippen LogP contribution in [0.25, 0.3) is 0 Å². The number of hydrogen-bond acceptors (Lipinski definition) is 4. The van der Waals surface area contributed by atoms with Crippen molar-refractivity contribution in [1.29, 1.82) is 0 Å². The van der Waals surface area contributed by atoms with Crippen LogP contribution in [-0.2, 0) is 11.2 Å². The lowest BCUT2D eigenvalue weighted by molar-refractivity contribution is -0.139. The first-order valence-electron chi connectivity index (χ1n) is 8.63. The van der Waals surface area contributed by atoms with Gasteiger partial charge in [0.1, 0.15) is 18.0 Å². The Labute approximate surface area is 148 Å². The highest BCUT2D eigenvalue weighted by Crippen LogP contribution is 2.24. The monoisotopic (exact) mass is 340 g/mol. The van der Waals surface area contributed by atoms with Gasteiger partial charge >= 0.3 is 0 Å². The largest absolute Gasteiger partial charge is 0.491 e. The second-order valence-corrected chi connectivity index (χ2v) is 6.78. The average molecular weight is 340 g/mol. The number of amides is 1. The molecule has 0 saturated carbocycles. The highest BCUT2D eigenvalue weighted by Gasteiger charge is 2.36. The molecule has 132 valence electrons. The maximum Gasteiger partial charge on any atom is 0.227 e. The number of aliphatic hydroxyl groups is 1. The van der Waals surface area contributed by atoms with Crippen LogP contribution in [0.5, 0.6) is 5.75 Å². The molecule has 2 aromatic rings. The van der Waals surface area contributed by atoms with E-state index in [1.165, 1.54) is 0 Å². The molecule has 1 aromatic carbocycles. The molecule has 1 atom stereocenters. The number of likely N-dealkylation sites (tertiary alicyclic amines) is 1. The van der Waals surface area contributed by atoms with E-state index in [-0.39, 0.29) is 12.5 Å². The number of ether oxygens (including phenoxy) is 1. The Morgan fingerprint density at radius 3 is 2.88 bits per heavy atom. The fraction of sp³-hybridized carbons (Fsp3) is 0.400. The van der Waals surface area contributed by atoms with Crippen molar-refractivity contribution in [3.63, 3.8) is 0 Å². The number of carbonyl (C=O) groups excluding carboxylic acids is 1. The molecule has 0 aliphatic carbocycles. The molecular weight excluding hydrogens is 316 g/mol. The van der Waals surface area contributed by atoms with Gasteiger partial charge in [0.2, 0.25) is 5.91 Å². The summed E-state index contributed by atoms with van der Waals surface area (Å²) in [7, 11) is 0. The van der Waals surface area contributed by atoms with Gasteiger partial charge in [0.25, 0.3) is 0 Å². The summed E-state index contributed by atoms with van der Waals surface area (Å²) in [5, 5.41) is 10.9. The minimum Gasteiger partial charge on any atom is -0.491 e. The van der Waals surface area contributed by atoms with E-state index >= 15 is 0 Å². The van der Waals surface area contributed by atoms with Gasteiger partial charge in [-0.15, -0.1) is 0 Å². The highest BCUT2D eigenvalue weighted by atomic mass is 16.5. The zero-order valence-corrected chi connectivity index (χ0v) is 14.5. The van der Waals surface area contributed by atoms with E-state index in [1.54, 1.807) is 17.3 Å². The topological polar surface area (TPSA) is 62.7 Å². The van der Waals surface area contributed by atoms with E-state index in [0.29, 0.717) is 25.9 Å². The summed E-state index contributed by atoms with van der Waals surface area (Å²) in [6.45, 7) is 3.18. The van der Waals surface area contributed by atoms with Crippen molar-refractivity contribution in [2.75, 3.05) is 19.7 Å². The molecule has 2 heterocycles. The van der Waals surface area contributed by atoms with Crippen LogP contribution in [0.3, 0.4) is 0 Å². The molecule has 0 spiro atoms. The first kappa shape index (κ1) is 17.4. The summed E-state index contributed by atoms with van der Waals surface area (Å²) in [6.07, 6.45) is 5.11. The summed E-state index contributed by atoms with van der Waals surface area (Å²) in [5.41, 5.74) is 1.04. The molecule has 0 unspecified atom stereocenters. The Balaban J connectivity index is 1.58.